The average Bonchev–Trinajstić information content (AvgIpc) is 2.51. The van der Waals surface area contributed by atoms with Gasteiger partial charge in [-0.25, -0.2) is 0 Å². The zero-order chi connectivity index (χ0) is 13.4. The smallest absolute Gasteiger partial charge is 0.0638 e. The van der Waals surface area contributed by atoms with Crippen LogP contribution in [0, 0.1) is 5.92 Å². The minimum absolute atomic E-state index is 0.220. The first-order chi connectivity index (χ1) is 8.63. The molecule has 1 saturated carbocycles. The minimum Gasteiger partial charge on any atom is -0.392 e. The summed E-state index contributed by atoms with van der Waals surface area (Å²) >= 11 is 0. The molecule has 0 radical (unpaired) electrons. The summed E-state index contributed by atoms with van der Waals surface area (Å²) in [4.78, 5) is 2.29. The van der Waals surface area contributed by atoms with E-state index in [9.17, 15) is 5.11 Å². The van der Waals surface area contributed by atoms with E-state index in [0.29, 0.717) is 6.04 Å². The molecule has 3 heteroatoms. The van der Waals surface area contributed by atoms with Crippen LogP contribution in [0.25, 0.3) is 0 Å². The molecule has 2 N–H and O–H groups in total. The van der Waals surface area contributed by atoms with Crippen molar-refractivity contribution in [3.63, 3.8) is 0 Å². The van der Waals surface area contributed by atoms with E-state index in [0.717, 1.165) is 25.6 Å². The summed E-state index contributed by atoms with van der Waals surface area (Å²) in [5.74, 6) is 0.753. The topological polar surface area (TPSA) is 35.5 Å². The van der Waals surface area contributed by atoms with Crippen molar-refractivity contribution in [2.45, 2.75) is 64.5 Å². The summed E-state index contributed by atoms with van der Waals surface area (Å²) in [5.41, 5.74) is 0. The van der Waals surface area contributed by atoms with Gasteiger partial charge in [0.1, 0.15) is 0 Å². The number of aliphatic hydroxyl groups is 1. The number of hydrogen-bond acceptors (Lipinski definition) is 3. The van der Waals surface area contributed by atoms with Gasteiger partial charge in [-0.15, -0.1) is 0 Å². The van der Waals surface area contributed by atoms with Crippen LogP contribution in [0.2, 0.25) is 0 Å². The number of rotatable bonds is 7. The maximum atomic E-state index is 9.46. The molecule has 0 aliphatic heterocycles. The van der Waals surface area contributed by atoms with Crippen LogP contribution in [0.5, 0.6) is 0 Å². The highest BCUT2D eigenvalue weighted by Crippen LogP contribution is 2.24. The second-order valence-electron chi connectivity index (χ2n) is 6.03. The normalized spacial score (nSPS) is 27.2. The van der Waals surface area contributed by atoms with Crippen molar-refractivity contribution in [3.8, 4) is 0 Å². The van der Waals surface area contributed by atoms with Gasteiger partial charge >= 0.3 is 0 Å². The zero-order valence-corrected chi connectivity index (χ0v) is 12.5. The van der Waals surface area contributed by atoms with Gasteiger partial charge in [-0.1, -0.05) is 26.2 Å². The standard InChI is InChI=1S/C15H32N2O/c1-4-10-16-15-9-7-5-6-8-14(15)12-17(3)11-13(2)18/h13-16,18H,4-12H2,1-3H3. The van der Waals surface area contributed by atoms with Gasteiger partial charge in [0, 0.05) is 19.1 Å². The third-order valence-electron chi connectivity index (χ3n) is 3.94. The maximum absolute atomic E-state index is 9.46. The van der Waals surface area contributed by atoms with Crippen molar-refractivity contribution in [2.24, 2.45) is 5.92 Å². The third kappa shape index (κ3) is 6.17. The highest BCUT2D eigenvalue weighted by molar-refractivity contribution is 4.81. The van der Waals surface area contributed by atoms with Crippen LogP contribution in [0.4, 0.5) is 0 Å². The number of likely N-dealkylation sites (N-methyl/N-ethyl adjacent to an activating group) is 1. The Kier molecular flexibility index (Phi) is 7.87. The molecule has 1 aliphatic rings. The van der Waals surface area contributed by atoms with Crippen molar-refractivity contribution in [2.75, 3.05) is 26.7 Å². The van der Waals surface area contributed by atoms with Crippen molar-refractivity contribution in [3.05, 3.63) is 0 Å². The molecule has 0 spiro atoms. The van der Waals surface area contributed by atoms with E-state index >= 15 is 0 Å². The lowest BCUT2D eigenvalue weighted by Crippen LogP contribution is -2.42. The fraction of sp³-hybridized carbons (Fsp3) is 1.00. The summed E-state index contributed by atoms with van der Waals surface area (Å²) in [7, 11) is 2.13. The Morgan fingerprint density at radius 2 is 2.00 bits per heavy atom. The number of aliphatic hydroxyl groups excluding tert-OH is 1. The highest BCUT2D eigenvalue weighted by atomic mass is 16.3. The summed E-state index contributed by atoms with van der Waals surface area (Å²) in [5, 5.41) is 13.2. The van der Waals surface area contributed by atoms with Crippen LogP contribution in [0.1, 0.15) is 52.4 Å². The third-order valence-corrected chi connectivity index (χ3v) is 3.94. The molecule has 108 valence electrons. The molecule has 0 heterocycles. The molecule has 18 heavy (non-hydrogen) atoms. The summed E-state index contributed by atoms with van der Waals surface area (Å²) in [6.07, 6.45) is 7.80. The molecular weight excluding hydrogens is 224 g/mol. The van der Waals surface area contributed by atoms with Crippen LogP contribution >= 0.6 is 0 Å². The van der Waals surface area contributed by atoms with Gasteiger partial charge in [-0.05, 0) is 45.7 Å². The molecule has 0 bridgehead atoms. The number of hydrogen-bond donors (Lipinski definition) is 2. The summed E-state index contributed by atoms with van der Waals surface area (Å²) < 4.78 is 0. The van der Waals surface area contributed by atoms with Gasteiger partial charge in [0.25, 0.3) is 0 Å². The second kappa shape index (κ2) is 8.89. The van der Waals surface area contributed by atoms with Crippen molar-refractivity contribution >= 4 is 0 Å². The van der Waals surface area contributed by atoms with Crippen LogP contribution < -0.4 is 5.32 Å². The van der Waals surface area contributed by atoms with E-state index in [2.05, 4.69) is 24.2 Å². The fourth-order valence-corrected chi connectivity index (χ4v) is 3.13. The molecule has 3 nitrogen and oxygen atoms in total. The Bertz CT molecular complexity index is 209. The van der Waals surface area contributed by atoms with Gasteiger partial charge in [-0.3, -0.25) is 0 Å². The maximum Gasteiger partial charge on any atom is 0.0638 e. The Hall–Kier alpha value is -0.120. The molecule has 3 atom stereocenters. The minimum atomic E-state index is -0.220. The van der Waals surface area contributed by atoms with E-state index in [4.69, 9.17) is 0 Å². The molecule has 1 aliphatic carbocycles. The molecular formula is C15H32N2O. The Balaban J connectivity index is 2.44. The van der Waals surface area contributed by atoms with Crippen molar-refractivity contribution in [1.29, 1.82) is 0 Å². The monoisotopic (exact) mass is 256 g/mol. The van der Waals surface area contributed by atoms with Crippen molar-refractivity contribution in [1.82, 2.24) is 10.2 Å². The van der Waals surface area contributed by atoms with Gasteiger partial charge in [-0.2, -0.15) is 0 Å². The molecule has 1 fully saturated rings. The van der Waals surface area contributed by atoms with Crippen LogP contribution in [0.15, 0.2) is 0 Å². The molecule has 0 aromatic rings. The zero-order valence-electron chi connectivity index (χ0n) is 12.5. The first kappa shape index (κ1) is 15.9. The van der Waals surface area contributed by atoms with E-state index in [1.807, 2.05) is 6.92 Å². The van der Waals surface area contributed by atoms with Crippen LogP contribution in [-0.4, -0.2) is 48.8 Å². The Labute approximate surface area is 113 Å². The van der Waals surface area contributed by atoms with E-state index in [-0.39, 0.29) is 6.10 Å². The predicted molar refractivity (Wildman–Crippen MR) is 77.8 cm³/mol. The fourth-order valence-electron chi connectivity index (χ4n) is 3.13. The second-order valence-corrected chi connectivity index (χ2v) is 6.03. The lowest BCUT2D eigenvalue weighted by Gasteiger charge is -2.30. The van der Waals surface area contributed by atoms with Gasteiger partial charge < -0.3 is 15.3 Å². The first-order valence-corrected chi connectivity index (χ1v) is 7.73. The predicted octanol–water partition coefficient (Wildman–Crippen LogP) is 2.25. The number of nitrogens with one attached hydrogen (secondary N) is 1. The van der Waals surface area contributed by atoms with Crippen molar-refractivity contribution < 1.29 is 5.11 Å². The lowest BCUT2D eigenvalue weighted by molar-refractivity contribution is 0.124. The van der Waals surface area contributed by atoms with E-state index in [1.165, 1.54) is 38.5 Å². The van der Waals surface area contributed by atoms with E-state index in [1.54, 1.807) is 0 Å². The van der Waals surface area contributed by atoms with Crippen LogP contribution in [0.3, 0.4) is 0 Å². The molecule has 0 aromatic heterocycles. The summed E-state index contributed by atoms with van der Waals surface area (Å²) in [6, 6.07) is 0.684. The van der Waals surface area contributed by atoms with Gasteiger partial charge in [0.2, 0.25) is 0 Å². The Morgan fingerprint density at radius 1 is 1.28 bits per heavy atom. The lowest BCUT2D eigenvalue weighted by atomic mass is 9.94. The van der Waals surface area contributed by atoms with Gasteiger partial charge in [0.15, 0.2) is 0 Å². The molecule has 3 unspecified atom stereocenters. The summed E-state index contributed by atoms with van der Waals surface area (Å²) in [6.45, 7) is 7.15. The highest BCUT2D eigenvalue weighted by Gasteiger charge is 2.24. The molecule has 0 saturated heterocycles. The van der Waals surface area contributed by atoms with Crippen LogP contribution in [-0.2, 0) is 0 Å². The molecule has 0 amide bonds. The molecule has 1 rings (SSSR count). The molecule has 0 aromatic carbocycles. The largest absolute Gasteiger partial charge is 0.392 e. The van der Waals surface area contributed by atoms with Gasteiger partial charge in [0.05, 0.1) is 6.10 Å². The average molecular weight is 256 g/mol. The SMILES string of the molecule is CCCNC1CCCCCC1CN(C)CC(C)O. The Morgan fingerprint density at radius 3 is 2.67 bits per heavy atom. The first-order valence-electron chi connectivity index (χ1n) is 7.73. The van der Waals surface area contributed by atoms with E-state index < -0.39 is 0 Å². The quantitative estimate of drug-likeness (QED) is 0.686. The number of nitrogens with zero attached hydrogens (tertiary/aromatic N) is 1.